The maximum Gasteiger partial charge on any atom is 0.245 e. The second-order valence-electron chi connectivity index (χ2n) is 7.33. The average Bonchev–Trinajstić information content (AvgIpc) is 3.30. The van der Waals surface area contributed by atoms with E-state index in [4.69, 9.17) is 0 Å². The standard InChI is InChI=1S/C20H24N4O2/c1-13-3-2-4-15(11-13)16-12-21-23-19(16)14-7-9-24(10-8-14)20(26)17-5-6-18(25)22-17/h2-4,11-12,14,17H,5-10H2,1H3,(H,21,23)(H,22,25)/t17-/m1/s1. The molecule has 3 heterocycles. The number of nitrogens with zero attached hydrogens (tertiary/aromatic N) is 2. The first-order valence-corrected chi connectivity index (χ1v) is 9.30. The van der Waals surface area contributed by atoms with E-state index in [0.29, 0.717) is 18.8 Å². The number of nitrogens with one attached hydrogen (secondary N) is 2. The molecule has 0 saturated carbocycles. The molecule has 1 aromatic carbocycles. The van der Waals surface area contributed by atoms with Crippen molar-refractivity contribution in [3.05, 3.63) is 41.7 Å². The average molecular weight is 352 g/mol. The molecule has 1 aromatic heterocycles. The van der Waals surface area contributed by atoms with E-state index < -0.39 is 0 Å². The molecule has 0 spiro atoms. The van der Waals surface area contributed by atoms with E-state index in [-0.39, 0.29) is 17.9 Å². The summed E-state index contributed by atoms with van der Waals surface area (Å²) in [6.45, 7) is 3.54. The fourth-order valence-electron chi connectivity index (χ4n) is 4.06. The highest BCUT2D eigenvalue weighted by molar-refractivity contribution is 5.90. The van der Waals surface area contributed by atoms with Crippen LogP contribution in [0.5, 0.6) is 0 Å². The Balaban J connectivity index is 1.44. The van der Waals surface area contributed by atoms with Crippen molar-refractivity contribution in [1.29, 1.82) is 0 Å². The lowest BCUT2D eigenvalue weighted by molar-refractivity contribution is -0.135. The predicted molar refractivity (Wildman–Crippen MR) is 98.5 cm³/mol. The Hall–Kier alpha value is -2.63. The molecule has 6 heteroatoms. The lowest BCUT2D eigenvalue weighted by atomic mass is 9.89. The third-order valence-electron chi connectivity index (χ3n) is 5.51. The fourth-order valence-corrected chi connectivity index (χ4v) is 4.06. The number of carbonyl (C=O) groups excluding carboxylic acids is 2. The quantitative estimate of drug-likeness (QED) is 0.890. The van der Waals surface area contributed by atoms with Crippen molar-refractivity contribution in [3.8, 4) is 11.1 Å². The first-order chi connectivity index (χ1) is 12.6. The smallest absolute Gasteiger partial charge is 0.245 e. The van der Waals surface area contributed by atoms with Gasteiger partial charge in [-0.1, -0.05) is 29.8 Å². The zero-order chi connectivity index (χ0) is 18.1. The van der Waals surface area contributed by atoms with Gasteiger partial charge in [-0.2, -0.15) is 5.10 Å². The summed E-state index contributed by atoms with van der Waals surface area (Å²) < 4.78 is 0. The molecule has 2 saturated heterocycles. The zero-order valence-corrected chi connectivity index (χ0v) is 15.0. The summed E-state index contributed by atoms with van der Waals surface area (Å²) in [7, 11) is 0. The third kappa shape index (κ3) is 3.23. The number of aromatic amines is 1. The summed E-state index contributed by atoms with van der Waals surface area (Å²) >= 11 is 0. The summed E-state index contributed by atoms with van der Waals surface area (Å²) in [6, 6.07) is 8.13. The summed E-state index contributed by atoms with van der Waals surface area (Å²) in [5.74, 6) is 0.423. The Morgan fingerprint density at radius 2 is 2.04 bits per heavy atom. The number of rotatable bonds is 3. The first-order valence-electron chi connectivity index (χ1n) is 9.30. The van der Waals surface area contributed by atoms with Crippen LogP contribution in [0.1, 0.15) is 42.9 Å². The van der Waals surface area contributed by atoms with Crippen LogP contribution < -0.4 is 5.32 Å². The van der Waals surface area contributed by atoms with Crippen molar-refractivity contribution >= 4 is 11.8 Å². The summed E-state index contributed by atoms with van der Waals surface area (Å²) in [5.41, 5.74) is 4.73. The Bertz CT molecular complexity index is 821. The Labute approximate surface area is 153 Å². The van der Waals surface area contributed by atoms with E-state index in [1.54, 1.807) is 0 Å². The molecule has 4 rings (SSSR count). The fraction of sp³-hybridized carbons (Fsp3) is 0.450. The molecule has 0 bridgehead atoms. The number of aromatic nitrogens is 2. The van der Waals surface area contributed by atoms with Gasteiger partial charge < -0.3 is 10.2 Å². The molecular formula is C20H24N4O2. The minimum Gasteiger partial charge on any atom is -0.344 e. The van der Waals surface area contributed by atoms with Crippen LogP contribution in [0, 0.1) is 6.92 Å². The van der Waals surface area contributed by atoms with Crippen molar-refractivity contribution in [2.24, 2.45) is 0 Å². The number of benzene rings is 1. The molecule has 2 N–H and O–H groups in total. The van der Waals surface area contributed by atoms with Crippen molar-refractivity contribution in [1.82, 2.24) is 20.4 Å². The highest BCUT2D eigenvalue weighted by Crippen LogP contribution is 2.34. The monoisotopic (exact) mass is 352 g/mol. The number of aryl methyl sites for hydroxylation is 1. The third-order valence-corrected chi connectivity index (χ3v) is 5.51. The molecule has 136 valence electrons. The second-order valence-corrected chi connectivity index (χ2v) is 7.33. The molecule has 0 unspecified atom stereocenters. The van der Waals surface area contributed by atoms with Crippen molar-refractivity contribution in [2.75, 3.05) is 13.1 Å². The maximum atomic E-state index is 12.6. The van der Waals surface area contributed by atoms with Crippen LogP contribution in [0.25, 0.3) is 11.1 Å². The molecule has 2 fully saturated rings. The molecule has 0 radical (unpaired) electrons. The predicted octanol–water partition coefficient (Wildman–Crippen LogP) is 2.37. The van der Waals surface area contributed by atoms with E-state index in [0.717, 1.165) is 37.2 Å². The maximum absolute atomic E-state index is 12.6. The number of H-pyrrole nitrogens is 1. The van der Waals surface area contributed by atoms with Crippen LogP contribution in [0.4, 0.5) is 0 Å². The van der Waals surface area contributed by atoms with E-state index in [9.17, 15) is 9.59 Å². The zero-order valence-electron chi connectivity index (χ0n) is 15.0. The van der Waals surface area contributed by atoms with Crippen molar-refractivity contribution < 1.29 is 9.59 Å². The number of piperidine rings is 1. The second kappa shape index (κ2) is 6.94. The minimum absolute atomic E-state index is 0.0153. The van der Waals surface area contributed by atoms with Gasteiger partial charge in [0.15, 0.2) is 0 Å². The largest absolute Gasteiger partial charge is 0.344 e. The van der Waals surface area contributed by atoms with Gasteiger partial charge in [0.25, 0.3) is 0 Å². The van der Waals surface area contributed by atoms with Crippen LogP contribution in [0.2, 0.25) is 0 Å². The van der Waals surface area contributed by atoms with Crippen molar-refractivity contribution in [2.45, 2.75) is 44.6 Å². The summed E-state index contributed by atoms with van der Waals surface area (Å²) in [4.78, 5) is 25.8. The molecule has 1 atom stereocenters. The SMILES string of the molecule is Cc1cccc(-c2cn[nH]c2C2CCN(C(=O)[C@H]3CCC(=O)N3)CC2)c1. The van der Waals surface area contributed by atoms with Gasteiger partial charge in [0.2, 0.25) is 11.8 Å². The normalized spacial score (nSPS) is 21.0. The molecule has 6 nitrogen and oxygen atoms in total. The topological polar surface area (TPSA) is 78.1 Å². The molecule has 2 aliphatic heterocycles. The lowest BCUT2D eigenvalue weighted by Crippen LogP contribution is -2.47. The minimum atomic E-state index is -0.325. The van der Waals surface area contributed by atoms with Crippen LogP contribution in [-0.2, 0) is 9.59 Å². The van der Waals surface area contributed by atoms with Crippen LogP contribution in [0.15, 0.2) is 30.5 Å². The molecule has 0 aliphatic carbocycles. The number of amides is 2. The van der Waals surface area contributed by atoms with E-state index in [2.05, 4.69) is 46.7 Å². The summed E-state index contributed by atoms with van der Waals surface area (Å²) in [5, 5.41) is 10.2. The van der Waals surface area contributed by atoms with Crippen LogP contribution >= 0.6 is 0 Å². The molecule has 26 heavy (non-hydrogen) atoms. The highest BCUT2D eigenvalue weighted by atomic mass is 16.2. The number of hydrogen-bond donors (Lipinski definition) is 2. The molecule has 2 aliphatic rings. The van der Waals surface area contributed by atoms with Gasteiger partial charge in [0.05, 0.1) is 6.20 Å². The van der Waals surface area contributed by atoms with Gasteiger partial charge in [-0.05, 0) is 31.7 Å². The summed E-state index contributed by atoms with van der Waals surface area (Å²) in [6.07, 6.45) is 4.80. The van der Waals surface area contributed by atoms with E-state index >= 15 is 0 Å². The highest BCUT2D eigenvalue weighted by Gasteiger charge is 2.33. The van der Waals surface area contributed by atoms with Gasteiger partial charge in [0, 0.05) is 36.7 Å². The van der Waals surface area contributed by atoms with Gasteiger partial charge in [0.1, 0.15) is 6.04 Å². The van der Waals surface area contributed by atoms with E-state index in [1.165, 1.54) is 11.1 Å². The van der Waals surface area contributed by atoms with Crippen LogP contribution in [0.3, 0.4) is 0 Å². The lowest BCUT2D eigenvalue weighted by Gasteiger charge is -2.33. The Morgan fingerprint density at radius 1 is 1.23 bits per heavy atom. The van der Waals surface area contributed by atoms with Gasteiger partial charge in [-0.3, -0.25) is 14.7 Å². The Kier molecular flexibility index (Phi) is 4.49. The van der Waals surface area contributed by atoms with E-state index in [1.807, 2.05) is 11.1 Å². The Morgan fingerprint density at radius 3 is 2.73 bits per heavy atom. The van der Waals surface area contributed by atoms with Gasteiger partial charge in [-0.15, -0.1) is 0 Å². The van der Waals surface area contributed by atoms with Crippen LogP contribution in [-0.4, -0.2) is 46.0 Å². The number of hydrogen-bond acceptors (Lipinski definition) is 3. The first kappa shape index (κ1) is 16.8. The van der Waals surface area contributed by atoms with Gasteiger partial charge >= 0.3 is 0 Å². The molecule has 2 aromatic rings. The molecular weight excluding hydrogens is 328 g/mol. The van der Waals surface area contributed by atoms with Gasteiger partial charge in [-0.25, -0.2) is 0 Å². The van der Waals surface area contributed by atoms with Crippen molar-refractivity contribution in [3.63, 3.8) is 0 Å². The number of likely N-dealkylation sites (tertiary alicyclic amines) is 1. The number of carbonyl (C=O) groups is 2. The molecule has 2 amide bonds.